The van der Waals surface area contributed by atoms with Crippen molar-refractivity contribution in [3.05, 3.63) is 21.1 Å². The summed E-state index contributed by atoms with van der Waals surface area (Å²) in [7, 11) is 0. The molecule has 1 N–H and O–H groups in total. The van der Waals surface area contributed by atoms with Crippen LogP contribution in [0.25, 0.3) is 11.0 Å². The molecule has 0 saturated heterocycles. The lowest BCUT2D eigenvalue weighted by molar-refractivity contribution is 1.01. The van der Waals surface area contributed by atoms with Gasteiger partial charge in [0, 0.05) is 0 Å². The van der Waals surface area contributed by atoms with E-state index in [1.165, 1.54) is 35.1 Å². The van der Waals surface area contributed by atoms with E-state index in [4.69, 9.17) is 34.8 Å². The largest absolute Gasteiger partial charge is 0.331 e. The highest BCUT2D eigenvalue weighted by molar-refractivity contribution is 8.01. The van der Waals surface area contributed by atoms with Crippen LogP contribution in [0.5, 0.6) is 0 Å². The molecule has 1 aromatic carbocycles. The third-order valence-electron chi connectivity index (χ3n) is 2.35. The average Bonchev–Trinajstić information content (AvgIpc) is 3.03. The molecule has 0 radical (unpaired) electrons. The van der Waals surface area contributed by atoms with Crippen LogP contribution in [0.2, 0.25) is 15.1 Å². The van der Waals surface area contributed by atoms with Gasteiger partial charge in [-0.1, -0.05) is 46.6 Å². The maximum absolute atomic E-state index is 6.13. The van der Waals surface area contributed by atoms with Crippen molar-refractivity contribution >= 4 is 80.9 Å². The summed E-state index contributed by atoms with van der Waals surface area (Å²) in [5.41, 5.74) is 1.22. The Balaban J connectivity index is 2.00. The quantitative estimate of drug-likeness (QED) is 0.494. The Kier molecular flexibility index (Phi) is 4.35. The first kappa shape index (κ1) is 14.7. The number of H-pyrrole nitrogens is 1. The van der Waals surface area contributed by atoms with Crippen LogP contribution in [0.1, 0.15) is 0 Å². The number of hydrogen-bond donors (Lipinski definition) is 1. The molecule has 0 spiro atoms. The number of aromatic amines is 1. The number of benzene rings is 1. The van der Waals surface area contributed by atoms with Crippen LogP contribution >= 0.6 is 69.9 Å². The van der Waals surface area contributed by atoms with Gasteiger partial charge in [-0.25, -0.2) is 9.97 Å². The summed E-state index contributed by atoms with van der Waals surface area (Å²) in [5.74, 6) is 0. The smallest absolute Gasteiger partial charge is 0.200 e. The Morgan fingerprint density at radius 3 is 2.70 bits per heavy atom. The van der Waals surface area contributed by atoms with Gasteiger partial charge in [0.2, 0.25) is 5.16 Å². The highest BCUT2D eigenvalue weighted by atomic mass is 35.5. The predicted molar refractivity (Wildman–Crippen MR) is 86.9 cm³/mol. The van der Waals surface area contributed by atoms with Gasteiger partial charge in [-0.2, -0.15) is 4.37 Å². The molecule has 3 aromatic rings. The molecule has 10 heteroatoms. The van der Waals surface area contributed by atoms with E-state index in [-0.39, 0.29) is 0 Å². The fourth-order valence-corrected chi connectivity index (χ4v) is 4.30. The molecule has 2 aromatic heterocycles. The Morgan fingerprint density at radius 2 is 2.00 bits per heavy atom. The maximum Gasteiger partial charge on any atom is 0.200 e. The van der Waals surface area contributed by atoms with Crippen LogP contribution in [0.4, 0.5) is 0 Å². The van der Waals surface area contributed by atoms with Crippen LogP contribution < -0.4 is 0 Å². The molecule has 0 unspecified atom stereocenters. The van der Waals surface area contributed by atoms with Crippen molar-refractivity contribution in [1.29, 1.82) is 0 Å². The van der Waals surface area contributed by atoms with Gasteiger partial charge in [-0.3, -0.25) is 0 Å². The van der Waals surface area contributed by atoms with Crippen molar-refractivity contribution < 1.29 is 0 Å². The second kappa shape index (κ2) is 5.90. The molecule has 0 saturated carbocycles. The molecule has 0 fully saturated rings. The number of fused-ring (bicyclic) bond motifs is 1. The SMILES string of the molecule is CSc1nsc(Sc2nc3c(Cl)c(Cl)cc(Cl)c3[nH]2)n1. The first-order valence-electron chi connectivity index (χ1n) is 5.17. The molecule has 20 heavy (non-hydrogen) atoms. The maximum atomic E-state index is 6.13. The number of thioether (sulfide) groups is 1. The first-order valence-corrected chi connectivity index (χ1v) is 9.12. The fraction of sp³-hybridized carbons (Fsp3) is 0.100. The van der Waals surface area contributed by atoms with E-state index in [1.54, 1.807) is 6.07 Å². The molecule has 0 aliphatic carbocycles. The number of rotatable bonds is 3. The standard InChI is InChI=1S/C10H5Cl3N4S3/c1-18-9-16-10(20-17-9)19-8-14-6-4(12)2-3(11)5(13)7(6)15-8/h2H,1H3,(H,14,15). The monoisotopic (exact) mass is 382 g/mol. The van der Waals surface area contributed by atoms with Crippen molar-refractivity contribution in [2.75, 3.05) is 6.26 Å². The Labute approximate surface area is 141 Å². The topological polar surface area (TPSA) is 54.5 Å². The lowest BCUT2D eigenvalue weighted by Crippen LogP contribution is -1.75. The minimum Gasteiger partial charge on any atom is -0.331 e. The zero-order valence-electron chi connectivity index (χ0n) is 9.78. The summed E-state index contributed by atoms with van der Waals surface area (Å²) in [6, 6.07) is 1.59. The van der Waals surface area contributed by atoms with Gasteiger partial charge >= 0.3 is 0 Å². The number of halogens is 3. The summed E-state index contributed by atoms with van der Waals surface area (Å²) < 4.78 is 4.99. The lowest BCUT2D eigenvalue weighted by atomic mass is 10.3. The van der Waals surface area contributed by atoms with Gasteiger partial charge in [0.25, 0.3) is 0 Å². The first-order chi connectivity index (χ1) is 9.58. The van der Waals surface area contributed by atoms with Gasteiger partial charge in [-0.15, -0.1) is 0 Å². The normalized spacial score (nSPS) is 11.4. The zero-order chi connectivity index (χ0) is 14.3. The molecular weight excluding hydrogens is 379 g/mol. The third-order valence-corrected chi connectivity index (χ3v) is 5.72. The summed E-state index contributed by atoms with van der Waals surface area (Å²) in [5, 5.41) is 2.64. The average molecular weight is 384 g/mol. The van der Waals surface area contributed by atoms with Gasteiger partial charge in [0.1, 0.15) is 5.52 Å². The van der Waals surface area contributed by atoms with Crippen LogP contribution in [0.3, 0.4) is 0 Å². The van der Waals surface area contributed by atoms with Gasteiger partial charge < -0.3 is 4.98 Å². The minimum atomic E-state index is 0.382. The highest BCUT2D eigenvalue weighted by Crippen LogP contribution is 2.37. The van der Waals surface area contributed by atoms with Crippen molar-refractivity contribution in [2.24, 2.45) is 0 Å². The van der Waals surface area contributed by atoms with Crippen molar-refractivity contribution in [2.45, 2.75) is 14.7 Å². The van der Waals surface area contributed by atoms with Crippen LogP contribution in [-0.4, -0.2) is 25.6 Å². The van der Waals surface area contributed by atoms with Crippen LogP contribution in [0, 0.1) is 0 Å². The Bertz CT molecular complexity index is 785. The number of nitrogens with zero attached hydrogens (tertiary/aromatic N) is 3. The Hall–Kier alpha value is -0.180. The molecule has 0 aliphatic heterocycles. The zero-order valence-corrected chi connectivity index (χ0v) is 14.5. The third kappa shape index (κ3) is 2.75. The van der Waals surface area contributed by atoms with Crippen molar-refractivity contribution in [1.82, 2.24) is 19.3 Å². The molecule has 4 nitrogen and oxygen atoms in total. The van der Waals surface area contributed by atoms with E-state index in [1.807, 2.05) is 6.26 Å². The van der Waals surface area contributed by atoms with Crippen molar-refractivity contribution in [3.63, 3.8) is 0 Å². The van der Waals surface area contributed by atoms with Crippen LogP contribution in [-0.2, 0) is 0 Å². The number of hydrogen-bond acceptors (Lipinski definition) is 6. The molecule has 104 valence electrons. The minimum absolute atomic E-state index is 0.382. The summed E-state index contributed by atoms with van der Waals surface area (Å²) in [6.07, 6.45) is 1.93. The number of aromatic nitrogens is 4. The molecule has 0 aliphatic rings. The fourth-order valence-electron chi connectivity index (χ4n) is 1.50. The molecule has 3 rings (SSSR count). The van der Waals surface area contributed by atoms with E-state index < -0.39 is 0 Å². The van der Waals surface area contributed by atoms with Gasteiger partial charge in [0.05, 0.1) is 20.6 Å². The molecule has 0 bridgehead atoms. The van der Waals surface area contributed by atoms with E-state index in [0.29, 0.717) is 31.3 Å². The van der Waals surface area contributed by atoms with E-state index in [9.17, 15) is 0 Å². The van der Waals surface area contributed by atoms with E-state index in [2.05, 4.69) is 19.3 Å². The number of nitrogens with one attached hydrogen (secondary N) is 1. The molecule has 0 amide bonds. The lowest BCUT2D eigenvalue weighted by Gasteiger charge is -1.97. The number of imidazole rings is 1. The highest BCUT2D eigenvalue weighted by Gasteiger charge is 2.15. The summed E-state index contributed by atoms with van der Waals surface area (Å²) in [4.78, 5) is 11.9. The molecular formula is C10H5Cl3N4S3. The van der Waals surface area contributed by atoms with Crippen LogP contribution in [0.15, 0.2) is 20.7 Å². The second-order valence-electron chi connectivity index (χ2n) is 3.57. The van der Waals surface area contributed by atoms with Gasteiger partial charge in [-0.05, 0) is 35.6 Å². The summed E-state index contributed by atoms with van der Waals surface area (Å²) in [6.45, 7) is 0. The van der Waals surface area contributed by atoms with E-state index in [0.717, 1.165) is 9.50 Å². The summed E-state index contributed by atoms with van der Waals surface area (Å²) >= 11 is 22.4. The second-order valence-corrected chi connectivity index (χ2v) is 7.52. The van der Waals surface area contributed by atoms with E-state index >= 15 is 0 Å². The van der Waals surface area contributed by atoms with Gasteiger partial charge in [0.15, 0.2) is 9.50 Å². The Morgan fingerprint density at radius 1 is 1.20 bits per heavy atom. The van der Waals surface area contributed by atoms with Crippen molar-refractivity contribution in [3.8, 4) is 0 Å². The molecule has 2 heterocycles. The molecule has 0 atom stereocenters. The predicted octanol–water partition coefficient (Wildman–Crippen LogP) is 5.25.